The highest BCUT2D eigenvalue weighted by Gasteiger charge is 2.54. The van der Waals surface area contributed by atoms with Crippen LogP contribution in [0.3, 0.4) is 0 Å². The van der Waals surface area contributed by atoms with E-state index >= 15 is 0 Å². The van der Waals surface area contributed by atoms with Gasteiger partial charge in [-0.05, 0) is 55.4 Å². The number of hydrogen-bond acceptors (Lipinski definition) is 3. The fourth-order valence-electron chi connectivity index (χ4n) is 5.22. The molecule has 5 rings (SSSR count). The molecule has 1 aromatic rings. The van der Waals surface area contributed by atoms with E-state index < -0.39 is 0 Å². The van der Waals surface area contributed by atoms with Gasteiger partial charge in [-0.15, -0.1) is 0 Å². The number of nitrogens with two attached hydrogens (primary N) is 1. The zero-order valence-corrected chi connectivity index (χ0v) is 12.8. The molecule has 4 saturated carbocycles. The van der Waals surface area contributed by atoms with Gasteiger partial charge in [-0.3, -0.25) is 0 Å². The van der Waals surface area contributed by atoms with Gasteiger partial charge in [0.1, 0.15) is 6.61 Å². The normalized spacial score (nSPS) is 38.8. The van der Waals surface area contributed by atoms with Crippen molar-refractivity contribution < 1.29 is 9.53 Å². The number of rotatable bonds is 3. The van der Waals surface area contributed by atoms with Gasteiger partial charge in [0.15, 0.2) is 0 Å². The third-order valence-corrected chi connectivity index (χ3v) is 5.82. The highest BCUT2D eigenvalue weighted by Crippen LogP contribution is 2.54. The monoisotopic (exact) mass is 300 g/mol. The van der Waals surface area contributed by atoms with E-state index in [0.717, 1.165) is 24.3 Å². The zero-order chi connectivity index (χ0) is 15.2. The van der Waals surface area contributed by atoms with Crippen LogP contribution in [0.2, 0.25) is 0 Å². The molecular weight excluding hydrogens is 276 g/mol. The third-order valence-electron chi connectivity index (χ3n) is 5.82. The molecule has 0 aliphatic heterocycles. The van der Waals surface area contributed by atoms with Gasteiger partial charge in [-0.2, -0.15) is 0 Å². The molecule has 1 amide bonds. The molecule has 2 atom stereocenters. The van der Waals surface area contributed by atoms with Gasteiger partial charge in [0.05, 0.1) is 0 Å². The average Bonchev–Trinajstić information content (AvgIpc) is 2.48. The van der Waals surface area contributed by atoms with Gasteiger partial charge in [-0.1, -0.05) is 30.3 Å². The topological polar surface area (TPSA) is 64.3 Å². The molecule has 4 heteroatoms. The molecule has 1 aromatic carbocycles. The molecule has 3 N–H and O–H groups in total. The van der Waals surface area contributed by atoms with E-state index in [2.05, 4.69) is 5.32 Å². The molecule has 22 heavy (non-hydrogen) atoms. The Labute approximate surface area is 131 Å². The molecule has 4 nitrogen and oxygen atoms in total. The number of carbonyl (C=O) groups is 1. The van der Waals surface area contributed by atoms with Crippen molar-refractivity contribution in [3.8, 4) is 0 Å². The van der Waals surface area contributed by atoms with Crippen LogP contribution in [0.5, 0.6) is 0 Å². The molecular formula is C18H24N2O2. The Morgan fingerprint density at radius 2 is 1.86 bits per heavy atom. The first-order chi connectivity index (χ1) is 10.6. The molecule has 0 heterocycles. The Morgan fingerprint density at radius 3 is 2.50 bits per heavy atom. The van der Waals surface area contributed by atoms with Crippen LogP contribution in [0.15, 0.2) is 30.3 Å². The standard InChI is InChI=1S/C18H24N2O2/c19-18-8-13-6-14(9-18)16(15(7-13)10-18)20-17(21)22-11-12-4-2-1-3-5-12/h1-5,13-16H,6-11,19H2,(H,20,21). The van der Waals surface area contributed by atoms with Crippen LogP contribution in [-0.4, -0.2) is 17.7 Å². The lowest BCUT2D eigenvalue weighted by atomic mass is 9.51. The highest BCUT2D eigenvalue weighted by molar-refractivity contribution is 5.67. The van der Waals surface area contributed by atoms with Gasteiger partial charge in [0.2, 0.25) is 0 Å². The van der Waals surface area contributed by atoms with E-state index in [-0.39, 0.29) is 17.7 Å². The molecule has 118 valence electrons. The van der Waals surface area contributed by atoms with Gasteiger partial charge < -0.3 is 15.8 Å². The lowest BCUT2D eigenvalue weighted by molar-refractivity contribution is -0.0296. The van der Waals surface area contributed by atoms with Crippen LogP contribution in [0, 0.1) is 17.8 Å². The lowest BCUT2D eigenvalue weighted by Crippen LogP contribution is -2.64. The molecule has 0 aromatic heterocycles. The summed E-state index contributed by atoms with van der Waals surface area (Å²) < 4.78 is 5.38. The van der Waals surface area contributed by atoms with Crippen molar-refractivity contribution in [1.82, 2.24) is 5.32 Å². The minimum atomic E-state index is -0.285. The summed E-state index contributed by atoms with van der Waals surface area (Å²) in [6, 6.07) is 10.1. The van der Waals surface area contributed by atoms with Crippen molar-refractivity contribution in [1.29, 1.82) is 0 Å². The van der Waals surface area contributed by atoms with Crippen molar-refractivity contribution in [2.75, 3.05) is 0 Å². The first kappa shape index (κ1) is 14.1. The number of amides is 1. The molecule has 4 fully saturated rings. The number of carbonyl (C=O) groups excluding carboxylic acids is 1. The highest BCUT2D eigenvalue weighted by atomic mass is 16.5. The number of hydrogen-bond donors (Lipinski definition) is 2. The average molecular weight is 300 g/mol. The summed E-state index contributed by atoms with van der Waals surface area (Å²) in [5, 5.41) is 3.13. The van der Waals surface area contributed by atoms with Crippen LogP contribution < -0.4 is 11.1 Å². The Morgan fingerprint density at radius 1 is 1.18 bits per heavy atom. The summed E-state index contributed by atoms with van der Waals surface area (Å²) in [6.45, 7) is 0.332. The summed E-state index contributed by atoms with van der Waals surface area (Å²) in [7, 11) is 0. The molecule has 0 radical (unpaired) electrons. The van der Waals surface area contributed by atoms with Crippen LogP contribution in [0.25, 0.3) is 0 Å². The summed E-state index contributed by atoms with van der Waals surface area (Å²) in [6.07, 6.45) is 5.46. The second-order valence-electron chi connectivity index (χ2n) is 7.56. The zero-order valence-electron chi connectivity index (χ0n) is 12.8. The smallest absolute Gasteiger partial charge is 0.407 e. The van der Waals surface area contributed by atoms with Crippen LogP contribution in [0.1, 0.15) is 37.7 Å². The van der Waals surface area contributed by atoms with Crippen LogP contribution in [-0.2, 0) is 11.3 Å². The minimum Gasteiger partial charge on any atom is -0.445 e. The van der Waals surface area contributed by atoms with E-state index in [4.69, 9.17) is 10.5 Å². The molecule has 2 unspecified atom stereocenters. The third kappa shape index (κ3) is 2.60. The summed E-state index contributed by atoms with van der Waals surface area (Å²) >= 11 is 0. The second-order valence-corrected chi connectivity index (χ2v) is 7.56. The molecule has 4 bridgehead atoms. The van der Waals surface area contributed by atoms with E-state index in [1.54, 1.807) is 0 Å². The predicted molar refractivity (Wildman–Crippen MR) is 84.0 cm³/mol. The summed E-state index contributed by atoms with van der Waals surface area (Å²) in [5.74, 6) is 1.86. The number of alkyl carbamates (subject to hydrolysis) is 1. The number of benzene rings is 1. The lowest BCUT2D eigenvalue weighted by Gasteiger charge is -2.58. The van der Waals surface area contributed by atoms with E-state index in [9.17, 15) is 4.79 Å². The SMILES string of the molecule is NC12CC3CC(C1)C(NC(=O)OCc1ccccc1)C(C3)C2. The van der Waals surface area contributed by atoms with Gasteiger partial charge >= 0.3 is 6.09 Å². The van der Waals surface area contributed by atoms with Crippen LogP contribution >= 0.6 is 0 Å². The number of ether oxygens (including phenoxy) is 1. The molecule has 0 spiro atoms. The summed E-state index contributed by atoms with van der Waals surface area (Å²) in [5.41, 5.74) is 7.57. The van der Waals surface area contributed by atoms with Gasteiger partial charge in [-0.25, -0.2) is 4.79 Å². The largest absolute Gasteiger partial charge is 0.445 e. The maximum absolute atomic E-state index is 12.1. The maximum atomic E-state index is 12.1. The number of nitrogens with one attached hydrogen (secondary N) is 1. The Kier molecular flexibility index (Phi) is 3.37. The Bertz CT molecular complexity index is 543. The van der Waals surface area contributed by atoms with Crippen molar-refractivity contribution >= 4 is 6.09 Å². The molecule has 4 aliphatic rings. The summed E-state index contributed by atoms with van der Waals surface area (Å²) in [4.78, 5) is 12.1. The van der Waals surface area contributed by atoms with E-state index in [1.165, 1.54) is 19.3 Å². The van der Waals surface area contributed by atoms with Crippen molar-refractivity contribution in [2.24, 2.45) is 23.5 Å². The van der Waals surface area contributed by atoms with Crippen LogP contribution in [0.4, 0.5) is 4.79 Å². The van der Waals surface area contributed by atoms with E-state index in [1.807, 2.05) is 30.3 Å². The second kappa shape index (κ2) is 5.27. The molecule has 0 saturated heterocycles. The van der Waals surface area contributed by atoms with E-state index in [0.29, 0.717) is 18.4 Å². The van der Waals surface area contributed by atoms with Crippen molar-refractivity contribution in [2.45, 2.75) is 50.3 Å². The molecule has 4 aliphatic carbocycles. The van der Waals surface area contributed by atoms with Gasteiger partial charge in [0, 0.05) is 11.6 Å². The first-order valence-corrected chi connectivity index (χ1v) is 8.37. The first-order valence-electron chi connectivity index (χ1n) is 8.37. The minimum absolute atomic E-state index is 0.0443. The Hall–Kier alpha value is -1.55. The maximum Gasteiger partial charge on any atom is 0.407 e. The van der Waals surface area contributed by atoms with Crippen molar-refractivity contribution in [3.63, 3.8) is 0 Å². The quantitative estimate of drug-likeness (QED) is 0.902. The van der Waals surface area contributed by atoms with Crippen molar-refractivity contribution in [3.05, 3.63) is 35.9 Å². The Balaban J connectivity index is 1.35. The predicted octanol–water partition coefficient (Wildman–Crippen LogP) is 2.82. The van der Waals surface area contributed by atoms with Gasteiger partial charge in [0.25, 0.3) is 0 Å². The fourth-order valence-corrected chi connectivity index (χ4v) is 5.22. The fraction of sp³-hybridized carbons (Fsp3) is 0.611.